The molecule has 770 valence electrons. The van der Waals surface area contributed by atoms with E-state index in [9.17, 15) is 28.8 Å². The summed E-state index contributed by atoms with van der Waals surface area (Å²) in [5.41, 5.74) is 0. The van der Waals surface area contributed by atoms with Gasteiger partial charge in [0.15, 0.2) is 0 Å². The Balaban J connectivity index is 6.61. The second kappa shape index (κ2) is 103. The average Bonchev–Trinajstić information content (AvgIpc) is 1.39. The van der Waals surface area contributed by atoms with E-state index in [2.05, 4.69) is 97.0 Å². The topological polar surface area (TPSA) is 180 Å². The van der Waals surface area contributed by atoms with Crippen LogP contribution in [0.5, 0.6) is 0 Å². The van der Waals surface area contributed by atoms with Crippen molar-refractivity contribution >= 4 is 35.8 Å². The number of unbranched alkanes of at least 4 members (excludes halogenated alkanes) is 60. The molecule has 130 heavy (non-hydrogen) atoms. The van der Waals surface area contributed by atoms with Gasteiger partial charge in [-0.3, -0.25) is 33.7 Å². The number of likely N-dealkylation sites (N-methyl/N-ethyl adjacent to an activating group) is 3. The van der Waals surface area contributed by atoms with Gasteiger partial charge < -0.3 is 57.8 Å². The predicted molar refractivity (Wildman–Crippen MR) is 550 cm³/mol. The van der Waals surface area contributed by atoms with Crippen LogP contribution in [0.3, 0.4) is 0 Å². The number of esters is 6. The number of ether oxygens (including phenoxy) is 6. The van der Waals surface area contributed by atoms with Gasteiger partial charge in [0.05, 0.1) is 78.2 Å². The van der Waals surface area contributed by atoms with Crippen molar-refractivity contribution < 1.29 is 57.2 Å². The van der Waals surface area contributed by atoms with Crippen LogP contribution in [0.1, 0.15) is 504 Å². The lowest BCUT2D eigenvalue weighted by atomic mass is 10.1. The minimum Gasteiger partial charge on any atom is -0.466 e. The highest BCUT2D eigenvalue weighted by molar-refractivity contribution is 5.71. The predicted octanol–water partition coefficient (Wildman–Crippen LogP) is 27.5. The highest BCUT2D eigenvalue weighted by Gasteiger charge is 2.20. The second-order valence-electron chi connectivity index (χ2n) is 39.3. The molecule has 0 radical (unpaired) electrons. The zero-order valence-electron chi connectivity index (χ0n) is 87.9. The van der Waals surface area contributed by atoms with E-state index in [1.165, 1.54) is 347 Å². The lowest BCUT2D eigenvalue weighted by Crippen LogP contribution is -2.44. The fourth-order valence-electron chi connectivity index (χ4n) is 17.2. The Bertz CT molecular complexity index is 2010. The third kappa shape index (κ3) is 96.2. The fraction of sp³-hybridized carbons (Fsp3) is 0.946. The van der Waals surface area contributed by atoms with E-state index in [0.717, 1.165) is 136 Å². The number of rotatable bonds is 108. The molecule has 0 aliphatic carbocycles. The monoisotopic (exact) mass is 1840 g/mol. The maximum Gasteiger partial charge on any atom is 0.307 e. The third-order valence-corrected chi connectivity index (χ3v) is 26.6. The molecule has 19 nitrogen and oxygen atoms in total. The van der Waals surface area contributed by atoms with Crippen molar-refractivity contribution in [2.75, 3.05) is 179 Å². The Morgan fingerprint density at radius 2 is 0.238 bits per heavy atom. The van der Waals surface area contributed by atoms with E-state index in [0.29, 0.717) is 98.5 Å². The van der Waals surface area contributed by atoms with Gasteiger partial charge in [0.2, 0.25) is 0 Å². The van der Waals surface area contributed by atoms with E-state index >= 15 is 0 Å². The van der Waals surface area contributed by atoms with Crippen LogP contribution in [0.4, 0.5) is 0 Å². The van der Waals surface area contributed by atoms with Crippen LogP contribution in [0.15, 0.2) is 0 Å². The molecular formula is C111H219N7O12. The highest BCUT2D eigenvalue weighted by atomic mass is 16.6. The number of hydrogen-bond acceptors (Lipinski definition) is 19. The number of hydrogen-bond donors (Lipinski definition) is 0. The second-order valence-corrected chi connectivity index (χ2v) is 39.3. The van der Waals surface area contributed by atoms with Gasteiger partial charge in [0, 0.05) is 118 Å². The van der Waals surface area contributed by atoms with Gasteiger partial charge in [-0.1, -0.05) is 427 Å². The quantitative estimate of drug-likeness (QED) is 0.0318. The molecule has 0 saturated carbocycles. The Morgan fingerprint density at radius 1 is 0.138 bits per heavy atom. The first-order chi connectivity index (χ1) is 63.7. The van der Waals surface area contributed by atoms with E-state index in [-0.39, 0.29) is 74.3 Å². The van der Waals surface area contributed by atoms with Gasteiger partial charge in [-0.2, -0.15) is 0 Å². The maximum atomic E-state index is 13.4. The highest BCUT2D eigenvalue weighted by Crippen LogP contribution is 2.20. The Hall–Kier alpha value is -3.46. The zero-order valence-corrected chi connectivity index (χ0v) is 87.9. The van der Waals surface area contributed by atoms with Crippen LogP contribution in [0.25, 0.3) is 0 Å². The van der Waals surface area contributed by atoms with Crippen molar-refractivity contribution in [2.45, 2.75) is 504 Å². The average molecular weight is 1840 g/mol. The SMILES string of the molecule is CCCCCCCCCCCCCOC(=O)CCN(CCC(=O)OCCCCCCCCCCCCC)CCN(C)CCN(CCN(C)CCN(CCC(=O)OCCCCCCCCCCCCC)CCC(=O)OCCCCCCCCCCCCC)CCN(C)CCN(CCC(=O)OCCCCCCCCCCCCC)CCC(=O)OCCCCCCCCCCCCC. The molecule has 0 rings (SSSR count). The van der Waals surface area contributed by atoms with Crippen LogP contribution in [-0.2, 0) is 57.2 Å². The summed E-state index contributed by atoms with van der Waals surface area (Å²) in [6.07, 6.45) is 83.5. The lowest BCUT2D eigenvalue weighted by Gasteiger charge is -2.31. The van der Waals surface area contributed by atoms with Gasteiger partial charge in [0.25, 0.3) is 0 Å². The molecule has 0 spiro atoms. The van der Waals surface area contributed by atoms with Gasteiger partial charge >= 0.3 is 35.8 Å². The Morgan fingerprint density at radius 3 is 0.354 bits per heavy atom. The van der Waals surface area contributed by atoms with Gasteiger partial charge in [-0.05, 0) is 59.7 Å². The molecule has 0 aliphatic heterocycles. The standard InChI is InChI=1S/C111H219N7O12/c1-10-16-22-28-34-40-46-52-58-64-70-100-125-106(119)76-82-115(83-77-107(120)126-101-71-65-59-53-47-41-35-29-23-17-11-2)94-88-112(7)91-97-118(98-92-113(8)89-95-116(84-78-108(121)127-102-72-66-60-54-48-42-36-30-24-18-12-3)85-79-109(122)128-103-73-67-61-55-49-43-37-31-25-19-13-4)99-93-114(9)90-96-117(86-80-110(123)129-104-74-68-62-56-50-44-38-32-26-20-14-5)87-81-111(124)130-105-75-69-63-57-51-45-39-33-27-21-15-6/h10-105H2,1-9H3. The molecule has 19 heteroatoms. The Labute approximate surface area is 805 Å². The molecule has 0 saturated heterocycles. The summed E-state index contributed by atoms with van der Waals surface area (Å²) in [4.78, 5) is 96.6. The molecular weight excluding hydrogens is 1620 g/mol. The first-order valence-corrected chi connectivity index (χ1v) is 56.6. The van der Waals surface area contributed by atoms with Gasteiger partial charge in [0.1, 0.15) is 0 Å². The van der Waals surface area contributed by atoms with Crippen LogP contribution in [0, 0.1) is 0 Å². The zero-order chi connectivity index (χ0) is 94.6. The van der Waals surface area contributed by atoms with Crippen molar-refractivity contribution in [1.29, 1.82) is 0 Å². The molecule has 0 aromatic rings. The minimum atomic E-state index is -0.180. The molecule has 0 aromatic heterocycles. The number of nitrogens with zero attached hydrogens (tertiary/aromatic N) is 7. The van der Waals surface area contributed by atoms with Crippen LogP contribution >= 0.6 is 0 Å². The molecule has 0 atom stereocenters. The van der Waals surface area contributed by atoms with Gasteiger partial charge in [-0.25, -0.2) is 0 Å². The van der Waals surface area contributed by atoms with Crippen molar-refractivity contribution in [3.63, 3.8) is 0 Å². The van der Waals surface area contributed by atoms with Crippen LogP contribution in [-0.4, -0.2) is 249 Å². The van der Waals surface area contributed by atoms with Crippen molar-refractivity contribution in [1.82, 2.24) is 34.3 Å². The van der Waals surface area contributed by atoms with Crippen molar-refractivity contribution in [3.05, 3.63) is 0 Å². The number of carbonyl (C=O) groups is 6. The summed E-state index contributed by atoms with van der Waals surface area (Å²) < 4.78 is 34.9. The first kappa shape index (κ1) is 127. The lowest BCUT2D eigenvalue weighted by molar-refractivity contribution is -0.146. The summed E-state index contributed by atoms with van der Waals surface area (Å²) in [7, 11) is 6.52. The summed E-state index contributed by atoms with van der Waals surface area (Å²) in [5, 5.41) is 0. The molecule has 0 N–H and O–H groups in total. The van der Waals surface area contributed by atoms with E-state index in [1.807, 2.05) is 0 Å². The molecule has 0 aromatic carbocycles. The normalized spacial score (nSPS) is 11.8. The molecule has 0 fully saturated rings. The van der Waals surface area contributed by atoms with Crippen LogP contribution < -0.4 is 0 Å². The van der Waals surface area contributed by atoms with Crippen molar-refractivity contribution in [3.8, 4) is 0 Å². The van der Waals surface area contributed by atoms with Crippen molar-refractivity contribution in [2.24, 2.45) is 0 Å². The van der Waals surface area contributed by atoms with E-state index in [1.54, 1.807) is 0 Å². The molecule has 0 unspecified atom stereocenters. The minimum absolute atomic E-state index is 0.180. The summed E-state index contributed by atoms with van der Waals surface area (Å²) in [6.45, 7) is 28.6. The summed E-state index contributed by atoms with van der Waals surface area (Å²) >= 11 is 0. The fourth-order valence-corrected chi connectivity index (χ4v) is 17.2. The van der Waals surface area contributed by atoms with E-state index in [4.69, 9.17) is 28.4 Å². The number of carbonyl (C=O) groups excluding carboxylic acids is 6. The van der Waals surface area contributed by atoms with Crippen LogP contribution in [0.2, 0.25) is 0 Å². The van der Waals surface area contributed by atoms with E-state index < -0.39 is 0 Å². The molecule has 0 bridgehead atoms. The maximum absolute atomic E-state index is 13.4. The van der Waals surface area contributed by atoms with Gasteiger partial charge in [-0.15, -0.1) is 0 Å². The molecule has 0 amide bonds. The smallest absolute Gasteiger partial charge is 0.307 e. The largest absolute Gasteiger partial charge is 0.466 e. The molecule has 0 heterocycles. The summed E-state index contributed by atoms with van der Waals surface area (Å²) in [5.74, 6) is -1.08. The molecule has 0 aliphatic rings. The first-order valence-electron chi connectivity index (χ1n) is 56.6. The third-order valence-electron chi connectivity index (χ3n) is 26.6. The Kier molecular flexibility index (Phi) is 100. The summed E-state index contributed by atoms with van der Waals surface area (Å²) in [6, 6.07) is 0.